The number of aliphatic carboxylic acids is 1. The second-order valence-electron chi connectivity index (χ2n) is 5.31. The van der Waals surface area contributed by atoms with E-state index in [-0.39, 0.29) is 53.0 Å². The molecule has 2 nitrogen and oxygen atoms in total. The first kappa shape index (κ1) is 23.4. The van der Waals surface area contributed by atoms with Gasteiger partial charge in [-0.2, -0.15) is 28.3 Å². The summed E-state index contributed by atoms with van der Waals surface area (Å²) >= 11 is 0. The van der Waals surface area contributed by atoms with E-state index in [2.05, 4.69) is 6.07 Å². The zero-order valence-electron chi connectivity index (χ0n) is 12.6. The van der Waals surface area contributed by atoms with E-state index in [1.54, 1.807) is 29.2 Å². The number of carboxylic acid groups (broad SMARTS) is 1. The summed E-state index contributed by atoms with van der Waals surface area (Å²) in [6, 6.07) is 2.52. The maximum atomic E-state index is 9.37. The molecule has 0 aliphatic heterocycles. The van der Waals surface area contributed by atoms with Crippen LogP contribution in [-0.4, -0.2) is 11.1 Å². The van der Waals surface area contributed by atoms with Gasteiger partial charge in [0.15, 0.2) is 0 Å². The smallest absolute Gasteiger partial charge is 1.00 e. The molecule has 0 aromatic heterocycles. The van der Waals surface area contributed by atoms with Gasteiger partial charge >= 0.3 is 27.7 Å². The average molecular weight is 366 g/mol. The molecule has 0 heterocycles. The van der Waals surface area contributed by atoms with Crippen molar-refractivity contribution in [1.82, 2.24) is 0 Å². The zero-order chi connectivity index (χ0) is 13.0. The van der Waals surface area contributed by atoms with Gasteiger partial charge in [0.2, 0.25) is 0 Å². The van der Waals surface area contributed by atoms with Gasteiger partial charge in [-0.25, -0.2) is 0 Å². The minimum atomic E-state index is -0.745. The van der Waals surface area contributed by atoms with E-state index >= 15 is 0 Å². The van der Waals surface area contributed by atoms with Crippen molar-refractivity contribution < 1.29 is 56.4 Å². The Morgan fingerprint density at radius 3 is 1.62 bits per heavy atom. The number of hydrogen-bond donors (Lipinski definition) is 1. The molecule has 0 amide bonds. The molecule has 1 radical (unpaired) electrons. The van der Waals surface area contributed by atoms with Crippen LogP contribution in [-0.2, 0) is 52.2 Å². The molecule has 0 unspecified atom stereocenters. The van der Waals surface area contributed by atoms with Crippen molar-refractivity contribution in [2.75, 3.05) is 0 Å². The van der Waals surface area contributed by atoms with Crippen molar-refractivity contribution in [3.8, 4) is 0 Å². The average Bonchev–Trinajstić information content (AvgIpc) is 2.78. The van der Waals surface area contributed by atoms with Crippen molar-refractivity contribution in [1.29, 1.82) is 0 Å². The predicted molar refractivity (Wildman–Crippen MR) is 73.2 cm³/mol. The van der Waals surface area contributed by atoms with Crippen LogP contribution in [0.5, 0.6) is 0 Å². The Bertz CT molecular complexity index is 400. The van der Waals surface area contributed by atoms with Gasteiger partial charge in [-0.1, -0.05) is 58.3 Å². The summed E-state index contributed by atoms with van der Waals surface area (Å²) in [5, 5.41) is 7.72. The van der Waals surface area contributed by atoms with E-state index in [1.165, 1.54) is 51.4 Å². The number of fused-ring (bicyclic) bond motifs is 3. The van der Waals surface area contributed by atoms with E-state index in [4.69, 9.17) is 5.11 Å². The van der Waals surface area contributed by atoms with E-state index in [9.17, 15) is 4.79 Å². The SMILES string of the molecule is CCC(=O)O.[Cl-].[Cl-].[Ti+3].[cH-]1c2c(c3c1CCCC3)CCCC2. The van der Waals surface area contributed by atoms with Gasteiger partial charge in [0.05, 0.1) is 0 Å². The van der Waals surface area contributed by atoms with Crippen molar-refractivity contribution in [3.63, 3.8) is 0 Å². The number of halogens is 2. The molecule has 0 atom stereocenters. The normalized spacial score (nSPS) is 14.7. The van der Waals surface area contributed by atoms with Crippen LogP contribution in [0.2, 0.25) is 0 Å². The van der Waals surface area contributed by atoms with Gasteiger partial charge in [0.1, 0.15) is 0 Å². The summed E-state index contributed by atoms with van der Waals surface area (Å²) in [5.41, 5.74) is 6.94. The van der Waals surface area contributed by atoms with Crippen LogP contribution in [0.3, 0.4) is 0 Å². The Balaban J connectivity index is 0. The molecule has 0 saturated heterocycles. The maximum absolute atomic E-state index is 9.37. The molecule has 117 valence electrons. The monoisotopic (exact) mass is 365 g/mol. The molecule has 5 heteroatoms. The van der Waals surface area contributed by atoms with Gasteiger partial charge in [-0.3, -0.25) is 4.79 Å². The molecular weight excluding hydrogens is 343 g/mol. The van der Waals surface area contributed by atoms with Crippen molar-refractivity contribution >= 4 is 5.97 Å². The van der Waals surface area contributed by atoms with Crippen molar-refractivity contribution in [2.24, 2.45) is 0 Å². The second kappa shape index (κ2) is 11.7. The summed E-state index contributed by atoms with van der Waals surface area (Å²) < 4.78 is 0. The van der Waals surface area contributed by atoms with Crippen LogP contribution in [0.25, 0.3) is 0 Å². The molecule has 0 bridgehead atoms. The minimum Gasteiger partial charge on any atom is -1.00 e. The third-order valence-electron chi connectivity index (χ3n) is 4.04. The van der Waals surface area contributed by atoms with Crippen molar-refractivity contribution in [2.45, 2.75) is 64.7 Å². The van der Waals surface area contributed by atoms with Crippen LogP contribution in [0.1, 0.15) is 61.3 Å². The number of aryl methyl sites for hydroxylation is 2. The van der Waals surface area contributed by atoms with Gasteiger partial charge in [-0.15, -0.1) is 0 Å². The summed E-state index contributed by atoms with van der Waals surface area (Å²) in [4.78, 5) is 9.37. The van der Waals surface area contributed by atoms with E-state index in [0.717, 1.165) is 0 Å². The van der Waals surface area contributed by atoms with Crippen molar-refractivity contribution in [3.05, 3.63) is 28.3 Å². The molecule has 1 aromatic carbocycles. The Labute approximate surface area is 155 Å². The quantitative estimate of drug-likeness (QED) is 0.447. The first-order valence-electron chi connectivity index (χ1n) is 7.23. The topological polar surface area (TPSA) is 37.3 Å². The van der Waals surface area contributed by atoms with Crippen LogP contribution in [0.4, 0.5) is 0 Å². The summed E-state index contributed by atoms with van der Waals surface area (Å²) in [6.07, 6.45) is 11.4. The van der Waals surface area contributed by atoms with Crippen LogP contribution >= 0.6 is 0 Å². The van der Waals surface area contributed by atoms with E-state index < -0.39 is 5.97 Å². The molecule has 3 rings (SSSR count). The first-order chi connectivity index (χ1) is 8.72. The molecule has 2 aliphatic rings. The Kier molecular flexibility index (Phi) is 13.0. The van der Waals surface area contributed by atoms with Gasteiger partial charge in [-0.05, 0) is 0 Å². The van der Waals surface area contributed by atoms with Gasteiger partial charge in [0, 0.05) is 6.42 Å². The predicted octanol–water partition coefficient (Wildman–Crippen LogP) is -2.35. The molecule has 0 spiro atoms. The summed E-state index contributed by atoms with van der Waals surface area (Å²) in [6.45, 7) is 1.60. The molecule has 1 aromatic rings. The van der Waals surface area contributed by atoms with Crippen LogP contribution < -0.4 is 24.8 Å². The Morgan fingerprint density at radius 2 is 1.29 bits per heavy atom. The largest absolute Gasteiger partial charge is 3.00 e. The number of hydrogen-bond acceptors (Lipinski definition) is 1. The van der Waals surface area contributed by atoms with Crippen LogP contribution in [0.15, 0.2) is 6.07 Å². The molecule has 2 aliphatic carbocycles. The Hall–Kier alpha value is 0.114. The fraction of sp³-hybridized carbons (Fsp3) is 0.625. The zero-order valence-corrected chi connectivity index (χ0v) is 15.6. The minimum absolute atomic E-state index is 0. The third-order valence-corrected chi connectivity index (χ3v) is 4.04. The number of carbonyl (C=O) groups is 1. The van der Waals surface area contributed by atoms with Crippen LogP contribution in [0, 0.1) is 0 Å². The van der Waals surface area contributed by atoms with Gasteiger partial charge in [0.25, 0.3) is 0 Å². The Morgan fingerprint density at radius 1 is 0.952 bits per heavy atom. The van der Waals surface area contributed by atoms with E-state index in [0.29, 0.717) is 0 Å². The summed E-state index contributed by atoms with van der Waals surface area (Å²) in [7, 11) is 0. The first-order valence-corrected chi connectivity index (χ1v) is 7.23. The molecule has 1 N–H and O–H groups in total. The fourth-order valence-corrected chi connectivity index (χ4v) is 3.08. The second-order valence-corrected chi connectivity index (χ2v) is 5.31. The fourth-order valence-electron chi connectivity index (χ4n) is 3.08. The number of rotatable bonds is 1. The maximum Gasteiger partial charge on any atom is 3.00 e. The molecule has 0 saturated carbocycles. The molecular formula is C16H23Cl2O2Ti. The molecule has 0 fully saturated rings. The summed E-state index contributed by atoms with van der Waals surface area (Å²) in [5.74, 6) is -0.745. The third kappa shape index (κ3) is 6.40. The standard InChI is InChI=1S/C13H17.C3H6O2.2ClH.Ti/c1-3-7-12-10(5-1)9-11-6-2-4-8-13(11)12;1-2-3(4)5;;;/h9H,1-8H2;2H2,1H3,(H,4,5);2*1H;/q-1;;;;+3/p-2. The van der Waals surface area contributed by atoms with E-state index in [1.807, 2.05) is 0 Å². The van der Waals surface area contributed by atoms with Gasteiger partial charge < -0.3 is 29.9 Å². The number of carboxylic acids is 1. The molecule has 21 heavy (non-hydrogen) atoms.